The lowest BCUT2D eigenvalue weighted by atomic mass is 9.92. The molecular formula is C12H18N7O14P3. The molecule has 0 amide bonds. The number of aliphatic hydroxyl groups excluding tert-OH is 1. The Hall–Kier alpha value is -2.05. The second-order valence-corrected chi connectivity index (χ2v) is 11.5. The van der Waals surface area contributed by atoms with E-state index >= 15 is 0 Å². The highest BCUT2D eigenvalue weighted by atomic mass is 31.3. The summed E-state index contributed by atoms with van der Waals surface area (Å²) in [6, 6.07) is -1.50. The third kappa shape index (κ3) is 6.08. The first kappa shape index (κ1) is 28.5. The third-order valence-corrected chi connectivity index (χ3v) is 8.58. The molecule has 2 aliphatic rings. The molecule has 3 rings (SSSR count). The summed E-state index contributed by atoms with van der Waals surface area (Å²) in [5, 5.41) is 14.2. The molecule has 8 N–H and O–H groups in total. The number of methoxy groups -OCH3 is 1. The maximum Gasteiger partial charge on any atom is 0.490 e. The molecule has 0 saturated carbocycles. The number of phosphoric acid groups is 3. The number of aliphatic hydroxyl groups is 1. The van der Waals surface area contributed by atoms with Gasteiger partial charge in [-0.1, -0.05) is 5.11 Å². The van der Waals surface area contributed by atoms with Crippen molar-refractivity contribution < 1.29 is 61.0 Å². The fourth-order valence-electron chi connectivity index (χ4n) is 3.43. The summed E-state index contributed by atoms with van der Waals surface area (Å²) in [5.74, 6) is -3.71. The van der Waals surface area contributed by atoms with Crippen LogP contribution in [0.15, 0.2) is 14.9 Å². The number of nitrogens with zero attached hydrogens (tertiary/aromatic N) is 5. The molecular weight excluding hydrogens is 559 g/mol. The van der Waals surface area contributed by atoms with Crippen molar-refractivity contribution >= 4 is 41.3 Å². The molecule has 7 atom stereocenters. The molecule has 1 aromatic heterocycles. The van der Waals surface area contributed by atoms with Crippen LogP contribution in [0.2, 0.25) is 0 Å². The molecule has 1 aromatic rings. The van der Waals surface area contributed by atoms with Gasteiger partial charge in [0.15, 0.2) is 5.69 Å². The van der Waals surface area contributed by atoms with Crippen molar-refractivity contribution in [3.05, 3.63) is 26.5 Å². The number of aromatic nitrogens is 2. The van der Waals surface area contributed by atoms with E-state index in [-0.39, 0.29) is 17.3 Å². The molecule has 1 saturated heterocycles. The van der Waals surface area contributed by atoms with E-state index in [2.05, 4.69) is 38.1 Å². The Balaban J connectivity index is 1.87. The zero-order valence-electron chi connectivity index (χ0n) is 17.7. The van der Waals surface area contributed by atoms with Crippen LogP contribution in [-0.4, -0.2) is 78.6 Å². The molecule has 2 aliphatic heterocycles. The Morgan fingerprint density at radius 2 is 1.94 bits per heavy atom. The largest absolute Gasteiger partial charge is 0.490 e. The fourth-order valence-corrected chi connectivity index (χ4v) is 6.47. The van der Waals surface area contributed by atoms with Crippen LogP contribution in [-0.2, 0) is 36.3 Å². The summed E-state index contributed by atoms with van der Waals surface area (Å²) in [7, 11) is -16.1. The van der Waals surface area contributed by atoms with Crippen molar-refractivity contribution in [2.75, 3.05) is 19.5 Å². The van der Waals surface area contributed by atoms with Gasteiger partial charge in [-0.05, 0) is 5.53 Å². The molecule has 1 fully saturated rings. The lowest BCUT2D eigenvalue weighted by molar-refractivity contribution is -0.259. The molecule has 0 aliphatic carbocycles. The summed E-state index contributed by atoms with van der Waals surface area (Å²) in [5.41, 5.74) is 13.7. The van der Waals surface area contributed by atoms with Gasteiger partial charge < -0.3 is 39.9 Å². The van der Waals surface area contributed by atoms with Crippen LogP contribution in [0, 0.1) is 0 Å². The number of phosphoric ester groups is 1. The zero-order valence-corrected chi connectivity index (χ0v) is 20.3. The van der Waals surface area contributed by atoms with E-state index in [4.69, 9.17) is 30.5 Å². The predicted octanol–water partition coefficient (Wildman–Crippen LogP) is -0.724. The second-order valence-electron chi connectivity index (χ2n) is 7.09. The lowest BCUT2D eigenvalue weighted by Crippen LogP contribution is -2.48. The SMILES string of the molecule is CO[C@]1(COP(=O)(O)OP(=O)(O)OP(=O)(O)O)O[C@@H](C2C=Nc3c2nc(N)[nH]c3=O)[C@@H](N=[N+]=[N-])[C@@H]1O. The van der Waals surface area contributed by atoms with E-state index in [1.165, 1.54) is 6.21 Å². The molecule has 0 radical (unpaired) electrons. The van der Waals surface area contributed by atoms with Crippen molar-refractivity contribution in [1.82, 2.24) is 9.97 Å². The maximum atomic E-state index is 12.1. The Bertz CT molecular complexity index is 1310. The highest BCUT2D eigenvalue weighted by molar-refractivity contribution is 7.66. The van der Waals surface area contributed by atoms with E-state index in [0.717, 1.165) is 7.11 Å². The van der Waals surface area contributed by atoms with Crippen LogP contribution >= 0.6 is 23.5 Å². The first-order chi connectivity index (χ1) is 16.5. The fraction of sp³-hybridized carbons (Fsp3) is 0.583. The molecule has 24 heteroatoms. The number of hydrogen-bond donors (Lipinski definition) is 7. The van der Waals surface area contributed by atoms with E-state index in [9.17, 15) is 33.4 Å². The minimum absolute atomic E-state index is 0.00798. The molecule has 200 valence electrons. The average Bonchev–Trinajstić information content (AvgIpc) is 3.24. The monoisotopic (exact) mass is 577 g/mol. The number of anilines is 1. The smallest absolute Gasteiger partial charge is 0.387 e. The summed E-state index contributed by atoms with van der Waals surface area (Å²) in [6.45, 7) is -1.23. The zero-order chi connectivity index (χ0) is 27.1. The van der Waals surface area contributed by atoms with Crippen molar-refractivity contribution in [3.8, 4) is 0 Å². The Kier molecular flexibility index (Phi) is 7.93. The number of ether oxygens (including phenoxy) is 2. The quantitative estimate of drug-likeness (QED) is 0.0780. The number of azide groups is 1. The summed E-state index contributed by atoms with van der Waals surface area (Å²) in [6.07, 6.45) is -2.09. The van der Waals surface area contributed by atoms with E-state index in [0.29, 0.717) is 0 Å². The number of aliphatic imine (C=N–C) groups is 1. The molecule has 0 bridgehead atoms. The van der Waals surface area contributed by atoms with Gasteiger partial charge in [-0.15, -0.1) is 0 Å². The van der Waals surface area contributed by atoms with E-state index in [1.807, 2.05) is 0 Å². The van der Waals surface area contributed by atoms with Gasteiger partial charge >= 0.3 is 23.5 Å². The second kappa shape index (κ2) is 10.0. The van der Waals surface area contributed by atoms with Crippen molar-refractivity contribution in [3.63, 3.8) is 0 Å². The first-order valence-electron chi connectivity index (χ1n) is 9.20. The van der Waals surface area contributed by atoms with Crippen LogP contribution in [0.4, 0.5) is 11.6 Å². The number of fused-ring (bicyclic) bond motifs is 1. The molecule has 3 unspecified atom stereocenters. The maximum absolute atomic E-state index is 12.1. The number of nitrogens with two attached hydrogens (primary N) is 1. The van der Waals surface area contributed by atoms with Gasteiger partial charge in [-0.2, -0.15) is 8.62 Å². The number of H-pyrrole nitrogens is 1. The van der Waals surface area contributed by atoms with Crippen LogP contribution in [0.25, 0.3) is 10.4 Å². The molecule has 3 heterocycles. The van der Waals surface area contributed by atoms with Gasteiger partial charge in [-0.25, -0.2) is 18.7 Å². The van der Waals surface area contributed by atoms with Crippen molar-refractivity contribution in [2.24, 2.45) is 10.1 Å². The van der Waals surface area contributed by atoms with Crippen molar-refractivity contribution in [2.45, 2.75) is 30.0 Å². The van der Waals surface area contributed by atoms with Crippen LogP contribution in [0.1, 0.15) is 11.6 Å². The van der Waals surface area contributed by atoms with E-state index < -0.39 is 65.6 Å². The van der Waals surface area contributed by atoms with Gasteiger partial charge in [-0.3, -0.25) is 19.3 Å². The number of rotatable bonds is 10. The Labute approximate surface area is 198 Å². The Morgan fingerprint density at radius 1 is 1.28 bits per heavy atom. The van der Waals surface area contributed by atoms with Crippen LogP contribution < -0.4 is 11.3 Å². The topological polar surface area (TPSA) is 331 Å². The minimum atomic E-state index is -5.82. The third-order valence-electron chi connectivity index (χ3n) is 4.80. The Morgan fingerprint density at radius 3 is 2.53 bits per heavy atom. The number of nitrogen functional groups attached to an aromatic ring is 1. The van der Waals surface area contributed by atoms with Gasteiger partial charge in [0, 0.05) is 18.2 Å². The van der Waals surface area contributed by atoms with Crippen molar-refractivity contribution in [1.29, 1.82) is 0 Å². The normalized spacial score (nSPS) is 30.8. The van der Waals surface area contributed by atoms with Gasteiger partial charge in [0.25, 0.3) is 5.56 Å². The highest BCUT2D eigenvalue weighted by Gasteiger charge is 2.59. The van der Waals surface area contributed by atoms with Gasteiger partial charge in [0.05, 0.1) is 23.8 Å². The average molecular weight is 577 g/mol. The predicted molar refractivity (Wildman–Crippen MR) is 114 cm³/mol. The number of aromatic amines is 1. The van der Waals surface area contributed by atoms with Crippen LogP contribution in [0.5, 0.6) is 0 Å². The van der Waals surface area contributed by atoms with Crippen LogP contribution in [0.3, 0.4) is 0 Å². The lowest BCUT2D eigenvalue weighted by Gasteiger charge is -2.31. The standard InChI is InChI=1S/C12H18N7O14P3/c1-29-12(3-30-35(25,26)33-36(27,28)32-34(22,23)24)9(20)7(18-19-14)8(31-12)4-2-15-6-5(4)16-11(13)17-10(6)21/h2,4,7-9,20H,3H2,1H3,(H,25,26)(H,27,28)(H2,22,23,24)(H3,13,16,17,21)/t4?,7-,8+,9+,12-/m1/s1. The first-order valence-corrected chi connectivity index (χ1v) is 13.7. The van der Waals surface area contributed by atoms with Gasteiger partial charge in [0.1, 0.15) is 12.7 Å². The number of hydrogen-bond acceptors (Lipinski definition) is 14. The summed E-state index contributed by atoms with van der Waals surface area (Å²) < 4.78 is 56.9. The molecule has 0 spiro atoms. The van der Waals surface area contributed by atoms with Gasteiger partial charge in [0.2, 0.25) is 11.7 Å². The molecule has 36 heavy (non-hydrogen) atoms. The summed E-state index contributed by atoms with van der Waals surface area (Å²) in [4.78, 5) is 61.0. The molecule has 0 aromatic carbocycles. The molecule has 21 nitrogen and oxygen atoms in total. The minimum Gasteiger partial charge on any atom is -0.387 e. The number of nitrogens with one attached hydrogen (secondary N) is 1. The van der Waals surface area contributed by atoms with E-state index in [1.54, 1.807) is 0 Å². The highest BCUT2D eigenvalue weighted by Crippen LogP contribution is 2.66. The summed E-state index contributed by atoms with van der Waals surface area (Å²) >= 11 is 0.